The number of imidazole rings is 1. The van der Waals surface area contributed by atoms with Gasteiger partial charge in [-0.25, -0.2) is 4.98 Å². The van der Waals surface area contributed by atoms with Gasteiger partial charge < -0.3 is 19.9 Å². The van der Waals surface area contributed by atoms with Gasteiger partial charge in [-0.15, -0.1) is 11.3 Å². The quantitative estimate of drug-likeness (QED) is 0.314. The second-order valence-electron chi connectivity index (χ2n) is 8.02. The molecule has 0 saturated heterocycles. The second-order valence-corrected chi connectivity index (χ2v) is 8.93. The molecule has 1 amide bonds. The average Bonchev–Trinajstić information content (AvgIpc) is 3.34. The molecule has 3 aromatic carbocycles. The van der Waals surface area contributed by atoms with E-state index in [4.69, 9.17) is 9.72 Å². The minimum absolute atomic E-state index is 0.106. The molecule has 2 heterocycles. The predicted molar refractivity (Wildman–Crippen MR) is 136 cm³/mol. The summed E-state index contributed by atoms with van der Waals surface area (Å²) in [4.78, 5) is 16.4. The molecule has 166 valence electrons. The summed E-state index contributed by atoms with van der Waals surface area (Å²) in [6, 6.07) is 20.2. The number of methoxy groups -OCH3 is 1. The van der Waals surface area contributed by atoms with Crippen molar-refractivity contribution in [3.8, 4) is 5.75 Å². The Hall–Kier alpha value is -3.84. The Bertz CT molecular complexity index is 1470. The smallest absolute Gasteiger partial charge is 0.221 e. The minimum Gasteiger partial charge on any atom is -0.497 e. The third-order valence-electron chi connectivity index (χ3n) is 5.55. The van der Waals surface area contributed by atoms with E-state index in [0.717, 1.165) is 34.1 Å². The Balaban J connectivity index is 1.59. The first-order chi connectivity index (χ1) is 16.0. The maximum Gasteiger partial charge on any atom is 0.221 e. The molecule has 2 aromatic heterocycles. The number of benzene rings is 3. The molecule has 0 aliphatic carbocycles. The van der Waals surface area contributed by atoms with E-state index in [1.54, 1.807) is 18.4 Å². The summed E-state index contributed by atoms with van der Waals surface area (Å²) in [6.45, 7) is 4.30. The highest BCUT2D eigenvalue weighted by Gasteiger charge is 2.15. The van der Waals surface area contributed by atoms with Crippen LogP contribution in [0.25, 0.3) is 21.1 Å². The van der Waals surface area contributed by atoms with Gasteiger partial charge >= 0.3 is 0 Å². The van der Waals surface area contributed by atoms with Crippen molar-refractivity contribution in [2.75, 3.05) is 17.7 Å². The van der Waals surface area contributed by atoms with Gasteiger partial charge in [-0.3, -0.25) is 4.79 Å². The van der Waals surface area contributed by atoms with Crippen LogP contribution >= 0.6 is 11.3 Å². The Morgan fingerprint density at radius 1 is 1.06 bits per heavy atom. The Kier molecular flexibility index (Phi) is 5.48. The maximum absolute atomic E-state index is 11.5. The van der Waals surface area contributed by atoms with Gasteiger partial charge in [0, 0.05) is 23.0 Å². The molecular formula is C26H24N4O2S. The summed E-state index contributed by atoms with van der Waals surface area (Å²) in [5.41, 5.74) is 5.95. The van der Waals surface area contributed by atoms with Crippen molar-refractivity contribution in [2.45, 2.75) is 20.4 Å². The summed E-state index contributed by atoms with van der Waals surface area (Å²) in [5, 5.41) is 9.79. The molecule has 5 rings (SSSR count). The Labute approximate surface area is 195 Å². The number of rotatable bonds is 6. The summed E-state index contributed by atoms with van der Waals surface area (Å²) in [6.07, 6.45) is 0. The molecule has 2 N–H and O–H groups in total. The number of nitrogens with one attached hydrogen (secondary N) is 2. The van der Waals surface area contributed by atoms with Crippen molar-refractivity contribution in [3.63, 3.8) is 0 Å². The molecular weight excluding hydrogens is 432 g/mol. The number of nitrogens with zero attached hydrogens (tertiary/aromatic N) is 2. The second kappa shape index (κ2) is 8.60. The first-order valence-electron chi connectivity index (χ1n) is 10.7. The number of aromatic nitrogens is 2. The summed E-state index contributed by atoms with van der Waals surface area (Å²) in [5.74, 6) is 1.43. The Morgan fingerprint density at radius 3 is 2.61 bits per heavy atom. The number of amides is 1. The fourth-order valence-electron chi connectivity index (χ4n) is 3.96. The van der Waals surface area contributed by atoms with Gasteiger partial charge in [0.1, 0.15) is 5.75 Å². The first kappa shape index (κ1) is 21.0. The van der Waals surface area contributed by atoms with Crippen LogP contribution in [0.5, 0.6) is 5.75 Å². The van der Waals surface area contributed by atoms with Crippen molar-refractivity contribution < 1.29 is 9.53 Å². The molecule has 5 aromatic rings. The van der Waals surface area contributed by atoms with Gasteiger partial charge in [-0.1, -0.05) is 17.7 Å². The maximum atomic E-state index is 11.5. The van der Waals surface area contributed by atoms with Crippen LogP contribution in [0.15, 0.2) is 66.0 Å². The zero-order valence-electron chi connectivity index (χ0n) is 18.7. The molecule has 0 fully saturated rings. The molecule has 0 unspecified atom stereocenters. The number of aryl methyl sites for hydroxylation is 1. The van der Waals surface area contributed by atoms with E-state index in [0.29, 0.717) is 6.54 Å². The van der Waals surface area contributed by atoms with Crippen LogP contribution in [0.2, 0.25) is 0 Å². The summed E-state index contributed by atoms with van der Waals surface area (Å²) in [7, 11) is 1.65. The lowest BCUT2D eigenvalue weighted by atomic mass is 10.1. The van der Waals surface area contributed by atoms with E-state index in [1.165, 1.54) is 28.1 Å². The lowest BCUT2D eigenvalue weighted by molar-refractivity contribution is -0.114. The highest BCUT2D eigenvalue weighted by Crippen LogP contribution is 2.31. The van der Waals surface area contributed by atoms with E-state index in [-0.39, 0.29) is 5.91 Å². The zero-order valence-corrected chi connectivity index (χ0v) is 19.5. The van der Waals surface area contributed by atoms with Gasteiger partial charge in [-0.2, -0.15) is 0 Å². The number of hydrogen-bond donors (Lipinski definition) is 2. The average molecular weight is 457 g/mol. The van der Waals surface area contributed by atoms with Gasteiger partial charge in [0.25, 0.3) is 0 Å². The normalized spacial score (nSPS) is 11.1. The largest absolute Gasteiger partial charge is 0.497 e. The molecule has 0 saturated carbocycles. The van der Waals surface area contributed by atoms with Gasteiger partial charge in [0.15, 0.2) is 0 Å². The number of ether oxygens (including phenoxy) is 1. The van der Waals surface area contributed by atoms with Crippen molar-refractivity contribution in [1.29, 1.82) is 0 Å². The van der Waals surface area contributed by atoms with Gasteiger partial charge in [-0.05, 0) is 71.8 Å². The lowest BCUT2D eigenvalue weighted by Gasteiger charge is -2.11. The predicted octanol–water partition coefficient (Wildman–Crippen LogP) is 6.32. The molecule has 7 heteroatoms. The fourth-order valence-corrected chi connectivity index (χ4v) is 4.89. The van der Waals surface area contributed by atoms with Crippen molar-refractivity contribution in [3.05, 3.63) is 77.2 Å². The number of fused-ring (bicyclic) bond motifs is 2. The molecule has 0 radical (unpaired) electrons. The number of carbonyl (C=O) groups excluding carboxylic acids is 1. The number of hydrogen-bond acceptors (Lipinski definition) is 5. The molecule has 6 nitrogen and oxygen atoms in total. The van der Waals surface area contributed by atoms with Crippen LogP contribution in [-0.4, -0.2) is 22.6 Å². The lowest BCUT2D eigenvalue weighted by Crippen LogP contribution is -2.06. The van der Waals surface area contributed by atoms with Crippen molar-refractivity contribution in [2.24, 2.45) is 0 Å². The Morgan fingerprint density at radius 2 is 1.85 bits per heavy atom. The summed E-state index contributed by atoms with van der Waals surface area (Å²) < 4.78 is 8.73. The minimum atomic E-state index is -0.106. The van der Waals surface area contributed by atoms with E-state index in [1.807, 2.05) is 42.5 Å². The molecule has 0 bridgehead atoms. The molecule has 0 aliphatic rings. The standard InChI is InChI=1S/C26H24N4O2S/c1-16-4-11-25-22(12-16)18(15-33-25)14-30-24-10-7-20(27-17(2)31)13-23(24)29-26(30)28-19-5-8-21(32-3)9-6-19/h4-13,15H,14H2,1-3H3,(H,27,31)(H,28,29). The fraction of sp³-hybridized carbons (Fsp3) is 0.154. The van der Waals surface area contributed by atoms with E-state index in [2.05, 4.69) is 45.7 Å². The van der Waals surface area contributed by atoms with Crippen LogP contribution in [0, 0.1) is 6.92 Å². The van der Waals surface area contributed by atoms with Gasteiger partial charge in [0.2, 0.25) is 11.9 Å². The highest BCUT2D eigenvalue weighted by atomic mass is 32.1. The SMILES string of the molecule is COc1ccc(Nc2nc3cc(NC(C)=O)ccc3n2Cc2csc3ccc(C)cc23)cc1. The van der Waals surface area contributed by atoms with Crippen LogP contribution in [-0.2, 0) is 11.3 Å². The number of carbonyl (C=O) groups is 1. The number of thiophene rings is 1. The van der Waals surface area contributed by atoms with Crippen LogP contribution in [0.1, 0.15) is 18.1 Å². The van der Waals surface area contributed by atoms with Gasteiger partial charge in [0.05, 0.1) is 24.7 Å². The van der Waals surface area contributed by atoms with E-state index >= 15 is 0 Å². The molecule has 0 spiro atoms. The van der Waals surface area contributed by atoms with Crippen molar-refractivity contribution in [1.82, 2.24) is 9.55 Å². The van der Waals surface area contributed by atoms with Crippen LogP contribution in [0.3, 0.4) is 0 Å². The third kappa shape index (κ3) is 4.27. The first-order valence-corrected chi connectivity index (χ1v) is 11.5. The monoisotopic (exact) mass is 456 g/mol. The summed E-state index contributed by atoms with van der Waals surface area (Å²) >= 11 is 1.76. The molecule has 0 atom stereocenters. The molecule has 0 aliphatic heterocycles. The van der Waals surface area contributed by atoms with Crippen LogP contribution < -0.4 is 15.4 Å². The zero-order chi connectivity index (χ0) is 22.9. The highest BCUT2D eigenvalue weighted by molar-refractivity contribution is 7.17. The van der Waals surface area contributed by atoms with Crippen LogP contribution in [0.4, 0.5) is 17.3 Å². The van der Waals surface area contributed by atoms with E-state index in [9.17, 15) is 4.79 Å². The number of anilines is 3. The third-order valence-corrected chi connectivity index (χ3v) is 6.56. The topological polar surface area (TPSA) is 68.2 Å². The molecule has 33 heavy (non-hydrogen) atoms. The van der Waals surface area contributed by atoms with E-state index < -0.39 is 0 Å². The van der Waals surface area contributed by atoms with Crippen molar-refractivity contribution >= 4 is 55.7 Å².